The van der Waals surface area contributed by atoms with Gasteiger partial charge in [0.25, 0.3) is 0 Å². The number of rotatable bonds is 2. The van der Waals surface area contributed by atoms with Crippen LogP contribution >= 0.6 is 0 Å². The van der Waals surface area contributed by atoms with Crippen molar-refractivity contribution in [2.24, 2.45) is 17.3 Å². The summed E-state index contributed by atoms with van der Waals surface area (Å²) in [5.41, 5.74) is 7.42. The third-order valence-electron chi connectivity index (χ3n) is 6.79. The van der Waals surface area contributed by atoms with Gasteiger partial charge in [-0.3, -0.25) is 0 Å². The fourth-order valence-electron chi connectivity index (χ4n) is 5.16. The molecule has 2 aromatic carbocycles. The van der Waals surface area contributed by atoms with E-state index in [0.29, 0.717) is 5.41 Å². The Balaban J connectivity index is 1.59. The van der Waals surface area contributed by atoms with E-state index in [9.17, 15) is 0 Å². The lowest BCUT2D eigenvalue weighted by Gasteiger charge is -2.45. The smallest absolute Gasteiger partial charge is 0.0178 e. The largest absolute Gasteiger partial charge is 0.0952 e. The van der Waals surface area contributed by atoms with Gasteiger partial charge in [0.05, 0.1) is 0 Å². The summed E-state index contributed by atoms with van der Waals surface area (Å²) in [6.07, 6.45) is 8.03. The number of fused-ring (bicyclic) bond motifs is 1. The number of benzene rings is 2. The molecular formula is C25H30. The van der Waals surface area contributed by atoms with E-state index >= 15 is 0 Å². The Labute approximate surface area is 153 Å². The highest BCUT2D eigenvalue weighted by Gasteiger charge is 2.39. The van der Waals surface area contributed by atoms with Crippen LogP contribution in [0.4, 0.5) is 0 Å². The highest BCUT2D eigenvalue weighted by Crippen LogP contribution is 2.52. The van der Waals surface area contributed by atoms with E-state index < -0.39 is 0 Å². The molecule has 1 spiro atoms. The molecule has 2 aliphatic rings. The molecule has 0 aromatic heterocycles. The lowest BCUT2D eigenvalue weighted by atomic mass is 9.60. The molecule has 0 aliphatic heterocycles. The van der Waals surface area contributed by atoms with Crippen molar-refractivity contribution in [2.75, 3.05) is 0 Å². The van der Waals surface area contributed by atoms with Crippen LogP contribution in [0.5, 0.6) is 0 Å². The molecule has 0 atom stereocenters. The second kappa shape index (κ2) is 6.48. The number of hydrogen-bond acceptors (Lipinski definition) is 0. The Kier molecular flexibility index (Phi) is 4.31. The van der Waals surface area contributed by atoms with Crippen molar-refractivity contribution in [3.63, 3.8) is 0 Å². The molecule has 1 saturated carbocycles. The van der Waals surface area contributed by atoms with E-state index in [4.69, 9.17) is 0 Å². The Bertz CT molecular complexity index is 758. The summed E-state index contributed by atoms with van der Waals surface area (Å²) in [5, 5.41) is 0. The maximum atomic E-state index is 4.49. The van der Waals surface area contributed by atoms with Gasteiger partial charge >= 0.3 is 0 Å². The standard InChI is InChI=1S/C25H30/c1-18(2)20-11-13-25(14-12-20)16-19(3)24-15-22(9-10-23(24)17-25)21-7-5-4-6-8-21/h4-10,15,18,20H,3,11-14,16-17H2,1-2H3. The molecular weight excluding hydrogens is 300 g/mol. The molecule has 1 fully saturated rings. The van der Waals surface area contributed by atoms with E-state index in [-0.39, 0.29) is 0 Å². The van der Waals surface area contributed by atoms with Crippen LogP contribution in [-0.2, 0) is 6.42 Å². The van der Waals surface area contributed by atoms with Gasteiger partial charge < -0.3 is 0 Å². The molecule has 2 aliphatic carbocycles. The van der Waals surface area contributed by atoms with Crippen molar-refractivity contribution in [3.05, 3.63) is 66.2 Å². The van der Waals surface area contributed by atoms with Crippen LogP contribution in [-0.4, -0.2) is 0 Å². The van der Waals surface area contributed by atoms with Gasteiger partial charge in [-0.1, -0.05) is 62.9 Å². The third-order valence-corrected chi connectivity index (χ3v) is 6.79. The summed E-state index contributed by atoms with van der Waals surface area (Å²) in [7, 11) is 0. The SMILES string of the molecule is C=C1CC2(CCC(C(C)C)CC2)Cc2ccc(-c3ccccc3)cc21. The first-order valence-corrected chi connectivity index (χ1v) is 9.93. The number of hydrogen-bond donors (Lipinski definition) is 0. The van der Waals surface area contributed by atoms with Crippen molar-refractivity contribution < 1.29 is 0 Å². The van der Waals surface area contributed by atoms with Crippen molar-refractivity contribution in [1.29, 1.82) is 0 Å². The first kappa shape index (κ1) is 16.6. The van der Waals surface area contributed by atoms with E-state index in [0.717, 1.165) is 11.8 Å². The fourth-order valence-corrected chi connectivity index (χ4v) is 5.16. The Hall–Kier alpha value is -1.82. The summed E-state index contributed by atoms with van der Waals surface area (Å²) in [5.74, 6) is 1.77. The minimum atomic E-state index is 0.490. The second-order valence-corrected chi connectivity index (χ2v) is 8.78. The summed E-state index contributed by atoms with van der Waals surface area (Å²) < 4.78 is 0. The maximum absolute atomic E-state index is 4.49. The summed E-state index contributed by atoms with van der Waals surface area (Å²) in [6.45, 7) is 9.28. The van der Waals surface area contributed by atoms with Crippen molar-refractivity contribution >= 4 is 5.57 Å². The van der Waals surface area contributed by atoms with Gasteiger partial charge in [-0.25, -0.2) is 0 Å². The van der Waals surface area contributed by atoms with Crippen molar-refractivity contribution in [3.8, 4) is 11.1 Å². The average Bonchev–Trinajstić information content (AvgIpc) is 2.62. The average molecular weight is 331 g/mol. The topological polar surface area (TPSA) is 0 Å². The molecule has 0 heterocycles. The van der Waals surface area contributed by atoms with E-state index in [2.05, 4.69) is 69.0 Å². The second-order valence-electron chi connectivity index (χ2n) is 8.78. The molecule has 25 heavy (non-hydrogen) atoms. The lowest BCUT2D eigenvalue weighted by molar-refractivity contribution is 0.127. The highest BCUT2D eigenvalue weighted by molar-refractivity contribution is 5.75. The molecule has 0 amide bonds. The molecule has 0 radical (unpaired) electrons. The third kappa shape index (κ3) is 3.19. The predicted molar refractivity (Wildman–Crippen MR) is 108 cm³/mol. The Morgan fingerprint density at radius 1 is 0.920 bits per heavy atom. The van der Waals surface area contributed by atoms with Gasteiger partial charge in [-0.2, -0.15) is 0 Å². The van der Waals surface area contributed by atoms with Crippen LogP contribution in [0.1, 0.15) is 57.1 Å². The summed E-state index contributed by atoms with van der Waals surface area (Å²) in [6, 6.07) is 17.8. The van der Waals surface area contributed by atoms with Crippen molar-refractivity contribution in [2.45, 2.75) is 52.4 Å². The normalized spacial score (nSPS) is 26.0. The first-order chi connectivity index (χ1) is 12.1. The Morgan fingerprint density at radius 3 is 2.32 bits per heavy atom. The van der Waals surface area contributed by atoms with Crippen LogP contribution in [0.3, 0.4) is 0 Å². The lowest BCUT2D eigenvalue weighted by Crippen LogP contribution is -2.34. The Morgan fingerprint density at radius 2 is 1.64 bits per heavy atom. The molecule has 0 heteroatoms. The zero-order valence-electron chi connectivity index (χ0n) is 15.7. The molecule has 130 valence electrons. The van der Waals surface area contributed by atoms with Gasteiger partial charge in [0.15, 0.2) is 0 Å². The van der Waals surface area contributed by atoms with Crippen LogP contribution < -0.4 is 0 Å². The molecule has 2 aromatic rings. The molecule has 0 saturated heterocycles. The minimum absolute atomic E-state index is 0.490. The zero-order chi connectivity index (χ0) is 17.4. The maximum Gasteiger partial charge on any atom is -0.0178 e. The molecule has 0 bridgehead atoms. The van der Waals surface area contributed by atoms with Crippen LogP contribution in [0.15, 0.2) is 55.1 Å². The van der Waals surface area contributed by atoms with Gasteiger partial charge in [-0.05, 0) is 89.7 Å². The molecule has 0 N–H and O–H groups in total. The molecule has 0 nitrogen and oxygen atoms in total. The van der Waals surface area contributed by atoms with Gasteiger partial charge in [-0.15, -0.1) is 0 Å². The first-order valence-electron chi connectivity index (χ1n) is 9.93. The van der Waals surface area contributed by atoms with Crippen LogP contribution in [0.25, 0.3) is 16.7 Å². The highest BCUT2D eigenvalue weighted by atomic mass is 14.4. The van der Waals surface area contributed by atoms with Crippen molar-refractivity contribution in [1.82, 2.24) is 0 Å². The van der Waals surface area contributed by atoms with Gasteiger partial charge in [0.1, 0.15) is 0 Å². The van der Waals surface area contributed by atoms with Gasteiger partial charge in [0.2, 0.25) is 0 Å². The van der Waals surface area contributed by atoms with E-state index in [1.54, 1.807) is 0 Å². The zero-order valence-corrected chi connectivity index (χ0v) is 15.7. The quantitative estimate of drug-likeness (QED) is 0.548. The summed E-state index contributed by atoms with van der Waals surface area (Å²) >= 11 is 0. The molecule has 4 rings (SSSR count). The van der Waals surface area contributed by atoms with E-state index in [1.165, 1.54) is 66.4 Å². The summed E-state index contributed by atoms with van der Waals surface area (Å²) in [4.78, 5) is 0. The van der Waals surface area contributed by atoms with Gasteiger partial charge in [0, 0.05) is 0 Å². The number of allylic oxidation sites excluding steroid dienone is 1. The van der Waals surface area contributed by atoms with Crippen LogP contribution in [0.2, 0.25) is 0 Å². The van der Waals surface area contributed by atoms with Crippen LogP contribution in [0, 0.1) is 17.3 Å². The molecule has 0 unspecified atom stereocenters. The predicted octanol–water partition coefficient (Wildman–Crippen LogP) is 7.15. The fraction of sp³-hybridized carbons (Fsp3) is 0.440. The monoisotopic (exact) mass is 330 g/mol. The van der Waals surface area contributed by atoms with E-state index in [1.807, 2.05) is 0 Å². The minimum Gasteiger partial charge on any atom is -0.0952 e.